The van der Waals surface area contributed by atoms with Crippen LogP contribution in [0.4, 0.5) is 13.2 Å². The fourth-order valence-electron chi connectivity index (χ4n) is 3.21. The summed E-state index contributed by atoms with van der Waals surface area (Å²) in [6.07, 6.45) is -1.55. The predicted octanol–water partition coefficient (Wildman–Crippen LogP) is 2.45. The molecule has 0 atom stereocenters. The van der Waals surface area contributed by atoms with Gasteiger partial charge in [0.1, 0.15) is 11.9 Å². The van der Waals surface area contributed by atoms with E-state index in [1.54, 1.807) is 24.5 Å². The minimum absolute atomic E-state index is 0.00544. The highest BCUT2D eigenvalue weighted by Gasteiger charge is 2.40. The summed E-state index contributed by atoms with van der Waals surface area (Å²) >= 11 is 0. The van der Waals surface area contributed by atoms with Gasteiger partial charge in [-0.15, -0.1) is 0 Å². The van der Waals surface area contributed by atoms with Crippen LogP contribution in [0.3, 0.4) is 0 Å². The van der Waals surface area contributed by atoms with Gasteiger partial charge in [-0.05, 0) is 37.1 Å². The number of ether oxygens (including phenoxy) is 1. The zero-order valence-corrected chi connectivity index (χ0v) is 16.3. The Morgan fingerprint density at radius 1 is 1.17 bits per heavy atom. The fraction of sp³-hybridized carbons (Fsp3) is 0.333. The lowest BCUT2D eigenvalue weighted by Gasteiger charge is -2.32. The zero-order chi connectivity index (χ0) is 21.9. The van der Waals surface area contributed by atoms with Crippen molar-refractivity contribution >= 4 is 15.9 Å². The van der Waals surface area contributed by atoms with Crippen molar-refractivity contribution in [1.82, 2.24) is 14.8 Å². The summed E-state index contributed by atoms with van der Waals surface area (Å²) in [6.45, 7) is -0.0109. The first-order valence-electron chi connectivity index (χ1n) is 8.86. The molecule has 1 aromatic heterocycles. The Labute approximate surface area is 170 Å². The molecule has 1 fully saturated rings. The molecule has 2 N–H and O–H groups in total. The summed E-state index contributed by atoms with van der Waals surface area (Å²) in [6, 6.07) is 5.72. The van der Waals surface area contributed by atoms with E-state index in [1.165, 1.54) is 0 Å². The Bertz CT molecular complexity index is 1010. The summed E-state index contributed by atoms with van der Waals surface area (Å²) < 4.78 is 72.8. The van der Waals surface area contributed by atoms with Crippen LogP contribution in [0.1, 0.15) is 28.8 Å². The van der Waals surface area contributed by atoms with Crippen LogP contribution in [-0.2, 0) is 16.2 Å². The van der Waals surface area contributed by atoms with Crippen molar-refractivity contribution in [2.45, 2.75) is 30.0 Å². The molecular weight excluding hydrogens is 427 g/mol. The van der Waals surface area contributed by atoms with Gasteiger partial charge in [0, 0.05) is 25.5 Å². The lowest BCUT2D eigenvalue weighted by atomic mass is 10.1. The molecule has 1 aromatic carbocycles. The molecular formula is C18H18F3N3O5S. The third-order valence-corrected chi connectivity index (χ3v) is 6.57. The molecule has 0 bridgehead atoms. The topological polar surface area (TPSA) is 109 Å². The number of hydrogen-bond acceptors (Lipinski definition) is 6. The van der Waals surface area contributed by atoms with Crippen molar-refractivity contribution in [2.75, 3.05) is 13.1 Å². The highest BCUT2D eigenvalue weighted by molar-refractivity contribution is 7.89. The molecule has 0 saturated carbocycles. The number of pyridine rings is 1. The van der Waals surface area contributed by atoms with E-state index in [2.05, 4.69) is 4.98 Å². The minimum Gasteiger partial charge on any atom is -0.490 e. The summed E-state index contributed by atoms with van der Waals surface area (Å²) in [5, 5.41) is 8.86. The number of nitrogens with one attached hydrogen (secondary N) is 1. The number of aromatic nitrogens is 1. The second kappa shape index (κ2) is 8.58. The molecule has 0 unspecified atom stereocenters. The Balaban J connectivity index is 1.85. The maximum atomic E-state index is 13.3. The number of sulfonamides is 1. The molecule has 2 heterocycles. The van der Waals surface area contributed by atoms with Gasteiger partial charge in [0.05, 0.1) is 16.0 Å². The molecule has 1 saturated heterocycles. The van der Waals surface area contributed by atoms with Crippen LogP contribution in [0.2, 0.25) is 0 Å². The second-order valence-electron chi connectivity index (χ2n) is 6.52. The molecule has 2 aromatic rings. The van der Waals surface area contributed by atoms with Crippen LogP contribution in [0.25, 0.3) is 0 Å². The maximum absolute atomic E-state index is 13.3. The number of piperidine rings is 1. The predicted molar refractivity (Wildman–Crippen MR) is 97.3 cm³/mol. The zero-order valence-electron chi connectivity index (χ0n) is 15.5. The number of halogens is 3. The number of rotatable bonds is 5. The molecule has 0 radical (unpaired) electrons. The van der Waals surface area contributed by atoms with E-state index in [-0.39, 0.29) is 19.2 Å². The molecule has 1 amide bonds. The van der Waals surface area contributed by atoms with Gasteiger partial charge in [0.2, 0.25) is 10.0 Å². The number of hydrogen-bond donors (Lipinski definition) is 2. The standard InChI is InChI=1S/C18H18F3N3O5S/c19-18(20,21)14-2-1-3-15(16(14)17(25)23-26)30(27,28)24-10-6-13(7-11-24)29-12-4-8-22-9-5-12/h1-5,8-9,13,26H,6-7,10-11H2,(H,23,25). The number of amides is 1. The van der Waals surface area contributed by atoms with E-state index in [0.29, 0.717) is 24.7 Å². The summed E-state index contributed by atoms with van der Waals surface area (Å²) in [5.74, 6) is -0.983. The molecule has 0 spiro atoms. The first kappa shape index (κ1) is 22.0. The molecule has 3 rings (SSSR count). The highest BCUT2D eigenvalue weighted by Crippen LogP contribution is 2.36. The van der Waals surface area contributed by atoms with Crippen molar-refractivity contribution in [2.24, 2.45) is 0 Å². The second-order valence-corrected chi connectivity index (χ2v) is 8.43. The number of carbonyl (C=O) groups excluding carboxylic acids is 1. The van der Waals surface area contributed by atoms with Crippen molar-refractivity contribution < 1.29 is 36.3 Å². The van der Waals surface area contributed by atoms with E-state index in [1.807, 2.05) is 0 Å². The van der Waals surface area contributed by atoms with Gasteiger partial charge in [0.25, 0.3) is 5.91 Å². The fourth-order valence-corrected chi connectivity index (χ4v) is 4.89. The molecule has 0 aliphatic carbocycles. The van der Waals surface area contributed by atoms with Crippen molar-refractivity contribution in [3.63, 3.8) is 0 Å². The maximum Gasteiger partial charge on any atom is 0.417 e. The SMILES string of the molecule is O=C(NO)c1c(C(F)(F)F)cccc1S(=O)(=O)N1CCC(Oc2ccncc2)CC1. The van der Waals surface area contributed by atoms with E-state index in [9.17, 15) is 26.4 Å². The van der Waals surface area contributed by atoms with E-state index >= 15 is 0 Å². The van der Waals surface area contributed by atoms with Crippen LogP contribution < -0.4 is 10.2 Å². The summed E-state index contributed by atoms with van der Waals surface area (Å²) in [5.41, 5.74) is -1.51. The summed E-state index contributed by atoms with van der Waals surface area (Å²) in [7, 11) is -4.43. The lowest BCUT2D eigenvalue weighted by Crippen LogP contribution is -2.42. The molecule has 162 valence electrons. The van der Waals surface area contributed by atoms with Gasteiger partial charge < -0.3 is 4.74 Å². The number of carbonyl (C=O) groups is 1. The normalized spacial score (nSPS) is 16.3. The van der Waals surface area contributed by atoms with E-state index in [0.717, 1.165) is 21.9 Å². The van der Waals surface area contributed by atoms with Crippen molar-refractivity contribution in [1.29, 1.82) is 0 Å². The van der Waals surface area contributed by atoms with Crippen molar-refractivity contribution in [3.05, 3.63) is 53.9 Å². The third kappa shape index (κ3) is 4.55. The first-order valence-corrected chi connectivity index (χ1v) is 10.3. The van der Waals surface area contributed by atoms with Crippen LogP contribution in [0, 0.1) is 0 Å². The van der Waals surface area contributed by atoms with Gasteiger partial charge in [-0.1, -0.05) is 6.07 Å². The van der Waals surface area contributed by atoms with Gasteiger partial charge in [0.15, 0.2) is 0 Å². The average Bonchev–Trinajstić information content (AvgIpc) is 2.73. The Hall–Kier alpha value is -2.70. The molecule has 12 heteroatoms. The monoisotopic (exact) mass is 445 g/mol. The van der Waals surface area contributed by atoms with Crippen LogP contribution >= 0.6 is 0 Å². The van der Waals surface area contributed by atoms with Gasteiger partial charge in [-0.2, -0.15) is 17.5 Å². The Morgan fingerprint density at radius 2 is 1.80 bits per heavy atom. The van der Waals surface area contributed by atoms with Crippen LogP contribution in [-0.4, -0.2) is 48.0 Å². The van der Waals surface area contributed by atoms with Gasteiger partial charge in [-0.25, -0.2) is 13.9 Å². The number of benzene rings is 1. The number of hydroxylamine groups is 1. The van der Waals surface area contributed by atoms with E-state index in [4.69, 9.17) is 9.94 Å². The number of nitrogens with zero attached hydrogens (tertiary/aromatic N) is 2. The molecule has 30 heavy (non-hydrogen) atoms. The summed E-state index contributed by atoms with van der Waals surface area (Å²) in [4.78, 5) is 15.0. The average molecular weight is 445 g/mol. The highest BCUT2D eigenvalue weighted by atomic mass is 32.2. The van der Waals surface area contributed by atoms with Gasteiger partial charge >= 0.3 is 6.18 Å². The smallest absolute Gasteiger partial charge is 0.417 e. The quantitative estimate of drug-likeness (QED) is 0.541. The molecule has 8 nitrogen and oxygen atoms in total. The first-order chi connectivity index (χ1) is 14.1. The number of alkyl halides is 3. The molecule has 1 aliphatic heterocycles. The minimum atomic E-state index is -4.99. The third-order valence-electron chi connectivity index (χ3n) is 4.63. The largest absolute Gasteiger partial charge is 0.490 e. The van der Waals surface area contributed by atoms with E-state index < -0.39 is 38.1 Å². The lowest BCUT2D eigenvalue weighted by molar-refractivity contribution is -0.138. The Morgan fingerprint density at radius 3 is 2.37 bits per heavy atom. The van der Waals surface area contributed by atoms with Gasteiger partial charge in [-0.3, -0.25) is 15.0 Å². The van der Waals surface area contributed by atoms with Crippen LogP contribution in [0.15, 0.2) is 47.6 Å². The molecule has 1 aliphatic rings. The van der Waals surface area contributed by atoms with Crippen LogP contribution in [0.5, 0.6) is 5.75 Å². The van der Waals surface area contributed by atoms with Crippen molar-refractivity contribution in [3.8, 4) is 5.75 Å². The Kier molecular flexibility index (Phi) is 6.29.